The van der Waals surface area contributed by atoms with E-state index in [9.17, 15) is 4.79 Å². The summed E-state index contributed by atoms with van der Waals surface area (Å²) in [5.74, 6) is 0.104. The number of aromatic nitrogens is 1. The number of halogens is 1. The van der Waals surface area contributed by atoms with Gasteiger partial charge >= 0.3 is 0 Å². The number of nitrogens with two attached hydrogens (primary N) is 1. The molecule has 0 radical (unpaired) electrons. The van der Waals surface area contributed by atoms with E-state index in [0.29, 0.717) is 25.3 Å². The van der Waals surface area contributed by atoms with Gasteiger partial charge in [-0.05, 0) is 18.6 Å². The quantitative estimate of drug-likeness (QED) is 0.867. The van der Waals surface area contributed by atoms with Crippen LogP contribution >= 0.6 is 12.4 Å². The number of hydrogen-bond acceptors (Lipinski definition) is 4. The van der Waals surface area contributed by atoms with Crippen molar-refractivity contribution in [3.05, 3.63) is 24.0 Å². The van der Waals surface area contributed by atoms with Crippen molar-refractivity contribution < 1.29 is 9.53 Å². The smallest absolute Gasteiger partial charge is 0.228 e. The maximum Gasteiger partial charge on any atom is 0.228 e. The molecule has 2 heterocycles. The first-order chi connectivity index (χ1) is 8.25. The van der Waals surface area contributed by atoms with E-state index in [1.165, 1.54) is 0 Å². The number of rotatable bonds is 2. The highest BCUT2D eigenvalue weighted by Crippen LogP contribution is 2.06. The highest BCUT2D eigenvalue weighted by Gasteiger charge is 2.16. The van der Waals surface area contributed by atoms with Crippen LogP contribution in [-0.2, 0) is 16.0 Å². The highest BCUT2D eigenvalue weighted by atomic mass is 35.5. The molecule has 2 rings (SSSR count). The molecule has 0 aliphatic carbocycles. The monoisotopic (exact) mass is 271 g/mol. The van der Waals surface area contributed by atoms with Crippen LogP contribution < -0.4 is 5.73 Å². The van der Waals surface area contributed by atoms with Crippen LogP contribution in [0.1, 0.15) is 12.1 Å². The van der Waals surface area contributed by atoms with Gasteiger partial charge in [0.05, 0.1) is 24.9 Å². The molecule has 0 saturated carbocycles. The van der Waals surface area contributed by atoms with Gasteiger partial charge in [0.2, 0.25) is 5.91 Å². The number of nitrogens with zero attached hydrogens (tertiary/aromatic N) is 2. The second kappa shape index (κ2) is 7.18. The van der Waals surface area contributed by atoms with Crippen LogP contribution in [-0.4, -0.2) is 42.1 Å². The average molecular weight is 272 g/mol. The Morgan fingerprint density at radius 1 is 1.39 bits per heavy atom. The van der Waals surface area contributed by atoms with E-state index in [4.69, 9.17) is 10.5 Å². The van der Waals surface area contributed by atoms with Crippen molar-refractivity contribution in [2.24, 2.45) is 0 Å². The summed E-state index contributed by atoms with van der Waals surface area (Å²) in [7, 11) is 0. The first-order valence-corrected chi connectivity index (χ1v) is 5.81. The van der Waals surface area contributed by atoms with Crippen molar-refractivity contribution in [1.29, 1.82) is 0 Å². The second-order valence-electron chi connectivity index (χ2n) is 4.11. The summed E-state index contributed by atoms with van der Waals surface area (Å²) in [5, 5.41) is 0. The second-order valence-corrected chi connectivity index (χ2v) is 4.11. The highest BCUT2D eigenvalue weighted by molar-refractivity contribution is 5.85. The number of anilines is 1. The van der Waals surface area contributed by atoms with Gasteiger partial charge in [-0.3, -0.25) is 9.78 Å². The molecule has 1 fully saturated rings. The van der Waals surface area contributed by atoms with Crippen molar-refractivity contribution in [1.82, 2.24) is 9.88 Å². The van der Waals surface area contributed by atoms with Gasteiger partial charge in [0, 0.05) is 25.4 Å². The van der Waals surface area contributed by atoms with Gasteiger partial charge in [-0.2, -0.15) is 0 Å². The Balaban J connectivity index is 0.00000162. The van der Waals surface area contributed by atoms with E-state index in [1.54, 1.807) is 18.3 Å². The molecule has 1 aromatic heterocycles. The molecule has 1 aliphatic heterocycles. The third-order valence-electron chi connectivity index (χ3n) is 2.75. The van der Waals surface area contributed by atoms with Crippen LogP contribution in [0, 0.1) is 0 Å². The zero-order chi connectivity index (χ0) is 12.1. The Labute approximate surface area is 113 Å². The molecule has 1 saturated heterocycles. The first-order valence-electron chi connectivity index (χ1n) is 5.81. The van der Waals surface area contributed by atoms with E-state index < -0.39 is 0 Å². The predicted octanol–water partition coefficient (Wildman–Crippen LogP) is 0.877. The van der Waals surface area contributed by atoms with E-state index >= 15 is 0 Å². The number of pyridine rings is 1. The van der Waals surface area contributed by atoms with Crippen molar-refractivity contribution >= 4 is 24.0 Å². The molecule has 5 nitrogen and oxygen atoms in total. The van der Waals surface area contributed by atoms with Gasteiger partial charge in [-0.1, -0.05) is 0 Å². The summed E-state index contributed by atoms with van der Waals surface area (Å²) < 4.78 is 5.31. The van der Waals surface area contributed by atoms with Gasteiger partial charge < -0.3 is 15.4 Å². The number of amides is 1. The summed E-state index contributed by atoms with van der Waals surface area (Å²) in [6.07, 6.45) is 2.81. The standard InChI is InChI=1S/C12H17N3O2.ClH/c13-10-2-3-11(14-9-10)8-12(16)15-4-1-6-17-7-5-15;/h2-3,9H,1,4-8,13H2;1H. The number of nitrogen functional groups attached to an aromatic ring is 1. The Bertz CT molecular complexity index is 375. The lowest BCUT2D eigenvalue weighted by molar-refractivity contribution is -0.130. The maximum atomic E-state index is 12.0. The summed E-state index contributed by atoms with van der Waals surface area (Å²) in [6, 6.07) is 3.56. The fourth-order valence-electron chi connectivity index (χ4n) is 1.80. The summed E-state index contributed by atoms with van der Waals surface area (Å²) in [5.41, 5.74) is 6.92. The van der Waals surface area contributed by atoms with Crippen LogP contribution in [0.4, 0.5) is 5.69 Å². The molecule has 0 spiro atoms. The van der Waals surface area contributed by atoms with Gasteiger partial charge in [-0.15, -0.1) is 12.4 Å². The molecule has 6 heteroatoms. The Morgan fingerprint density at radius 3 is 2.94 bits per heavy atom. The van der Waals surface area contributed by atoms with Gasteiger partial charge in [0.25, 0.3) is 0 Å². The predicted molar refractivity (Wildman–Crippen MR) is 71.6 cm³/mol. The minimum atomic E-state index is 0. The lowest BCUT2D eigenvalue weighted by atomic mass is 10.2. The number of carbonyl (C=O) groups is 1. The maximum absolute atomic E-state index is 12.0. The first kappa shape index (κ1) is 14.7. The number of carbonyl (C=O) groups excluding carboxylic acids is 1. The minimum absolute atomic E-state index is 0. The zero-order valence-corrected chi connectivity index (χ0v) is 11.0. The van der Waals surface area contributed by atoms with E-state index in [-0.39, 0.29) is 18.3 Å². The molecule has 100 valence electrons. The topological polar surface area (TPSA) is 68.5 Å². The largest absolute Gasteiger partial charge is 0.397 e. The van der Waals surface area contributed by atoms with Gasteiger partial charge in [0.15, 0.2) is 0 Å². The molecule has 18 heavy (non-hydrogen) atoms. The molecule has 1 aliphatic rings. The van der Waals surface area contributed by atoms with Crippen LogP contribution in [0.25, 0.3) is 0 Å². The van der Waals surface area contributed by atoms with Crippen LogP contribution in [0.2, 0.25) is 0 Å². The van der Waals surface area contributed by atoms with Crippen LogP contribution in [0.3, 0.4) is 0 Å². The molecule has 2 N–H and O–H groups in total. The Kier molecular flexibility index (Phi) is 5.88. The Hall–Kier alpha value is -1.33. The summed E-state index contributed by atoms with van der Waals surface area (Å²) in [4.78, 5) is 18.0. The normalized spacial score (nSPS) is 15.7. The minimum Gasteiger partial charge on any atom is -0.397 e. The van der Waals surface area contributed by atoms with Crippen molar-refractivity contribution in [2.75, 3.05) is 32.0 Å². The van der Waals surface area contributed by atoms with E-state index in [0.717, 1.165) is 25.3 Å². The van der Waals surface area contributed by atoms with Gasteiger partial charge in [-0.25, -0.2) is 0 Å². The van der Waals surface area contributed by atoms with Crippen molar-refractivity contribution in [3.8, 4) is 0 Å². The van der Waals surface area contributed by atoms with Gasteiger partial charge in [0.1, 0.15) is 0 Å². The molecule has 0 atom stereocenters. The van der Waals surface area contributed by atoms with Crippen molar-refractivity contribution in [2.45, 2.75) is 12.8 Å². The molecular formula is C12H18ClN3O2. The van der Waals surface area contributed by atoms with E-state index in [1.807, 2.05) is 4.90 Å². The third-order valence-corrected chi connectivity index (χ3v) is 2.75. The van der Waals surface area contributed by atoms with Crippen LogP contribution in [0.15, 0.2) is 18.3 Å². The molecule has 0 bridgehead atoms. The number of hydrogen-bond donors (Lipinski definition) is 1. The Morgan fingerprint density at radius 2 is 2.22 bits per heavy atom. The number of ether oxygens (including phenoxy) is 1. The summed E-state index contributed by atoms with van der Waals surface area (Å²) >= 11 is 0. The fraction of sp³-hybridized carbons (Fsp3) is 0.500. The SMILES string of the molecule is Cl.Nc1ccc(CC(=O)N2CCCOCC2)nc1. The molecule has 1 amide bonds. The lowest BCUT2D eigenvalue weighted by Gasteiger charge is -2.19. The molecule has 1 aromatic rings. The van der Waals surface area contributed by atoms with Crippen LogP contribution in [0.5, 0.6) is 0 Å². The third kappa shape index (κ3) is 4.16. The fourth-order valence-corrected chi connectivity index (χ4v) is 1.80. The average Bonchev–Trinajstić information content (AvgIpc) is 2.61. The lowest BCUT2D eigenvalue weighted by Crippen LogP contribution is -2.34. The summed E-state index contributed by atoms with van der Waals surface area (Å²) in [6.45, 7) is 2.81. The molecular weight excluding hydrogens is 254 g/mol. The molecule has 0 aromatic carbocycles. The van der Waals surface area contributed by atoms with E-state index in [2.05, 4.69) is 4.98 Å². The molecule has 0 unspecified atom stereocenters. The van der Waals surface area contributed by atoms with Crippen molar-refractivity contribution in [3.63, 3.8) is 0 Å². The zero-order valence-electron chi connectivity index (χ0n) is 10.2.